The summed E-state index contributed by atoms with van der Waals surface area (Å²) >= 11 is 1.46. The summed E-state index contributed by atoms with van der Waals surface area (Å²) in [6.45, 7) is 9.01. The Morgan fingerprint density at radius 3 is 2.60 bits per heavy atom. The van der Waals surface area contributed by atoms with Crippen LogP contribution in [0.3, 0.4) is 0 Å². The topological polar surface area (TPSA) is 64.6 Å². The van der Waals surface area contributed by atoms with Crippen molar-refractivity contribution in [3.05, 3.63) is 52.4 Å². The Hall–Kier alpha value is -2.62. The minimum Gasteiger partial charge on any atom is -0.353 e. The molecule has 2 aliphatic heterocycles. The maximum absolute atomic E-state index is 14.0. The van der Waals surface area contributed by atoms with E-state index in [1.807, 2.05) is 19.1 Å². The highest BCUT2D eigenvalue weighted by Gasteiger charge is 2.25. The molecule has 4 heterocycles. The number of likely N-dealkylation sites (tertiary alicyclic amines) is 1. The fraction of sp³-hybridized carbons (Fsp3) is 0.500. The van der Waals surface area contributed by atoms with E-state index in [1.165, 1.54) is 17.4 Å². The van der Waals surface area contributed by atoms with Gasteiger partial charge >= 0.3 is 0 Å². The third kappa shape index (κ3) is 5.32. The van der Waals surface area contributed by atoms with Crippen LogP contribution in [0.1, 0.15) is 33.6 Å². The standard InChI is InChI=1S/C26H33FN6OS/c1-18-22-24(33-13-11-31(2)12-14-33)29-17-30-26(22)35-23(18)25(34)28-15-19-7-9-32(10-8-19)16-20-5-3-4-6-21(20)27/h3-6,17,19H,7-16H2,1-2H3,(H,28,34). The predicted molar refractivity (Wildman–Crippen MR) is 139 cm³/mol. The summed E-state index contributed by atoms with van der Waals surface area (Å²) in [5.41, 5.74) is 1.72. The van der Waals surface area contributed by atoms with Crippen LogP contribution < -0.4 is 10.2 Å². The molecule has 0 unspecified atom stereocenters. The second-order valence-electron chi connectivity index (χ2n) is 9.74. The first-order valence-electron chi connectivity index (χ1n) is 12.4. The minimum atomic E-state index is -0.138. The molecule has 5 rings (SSSR count). The number of nitrogens with zero attached hydrogens (tertiary/aromatic N) is 5. The molecule has 0 bridgehead atoms. The number of piperazine rings is 1. The van der Waals surface area contributed by atoms with E-state index < -0.39 is 0 Å². The van der Waals surface area contributed by atoms with Crippen molar-refractivity contribution in [1.82, 2.24) is 25.1 Å². The Kier molecular flexibility index (Phi) is 7.27. The van der Waals surface area contributed by atoms with Crippen LogP contribution in [-0.4, -0.2) is 78.5 Å². The first-order valence-corrected chi connectivity index (χ1v) is 13.2. The van der Waals surface area contributed by atoms with Crippen molar-refractivity contribution in [3.63, 3.8) is 0 Å². The first kappa shape index (κ1) is 24.1. The van der Waals surface area contributed by atoms with Crippen molar-refractivity contribution in [2.75, 3.05) is 57.8 Å². The van der Waals surface area contributed by atoms with E-state index in [1.54, 1.807) is 12.4 Å². The van der Waals surface area contributed by atoms with Crippen molar-refractivity contribution >= 4 is 33.3 Å². The lowest BCUT2D eigenvalue weighted by atomic mass is 9.96. The van der Waals surface area contributed by atoms with Crippen LogP contribution in [0, 0.1) is 18.7 Å². The summed E-state index contributed by atoms with van der Waals surface area (Å²) in [5, 5.41) is 4.18. The Bertz CT molecular complexity index is 1180. The summed E-state index contributed by atoms with van der Waals surface area (Å²) in [6, 6.07) is 6.99. The number of amides is 1. The van der Waals surface area contributed by atoms with Gasteiger partial charge in [0.25, 0.3) is 5.91 Å². The van der Waals surface area contributed by atoms with Crippen LogP contribution in [0.5, 0.6) is 0 Å². The van der Waals surface area contributed by atoms with Gasteiger partial charge in [-0.25, -0.2) is 14.4 Å². The van der Waals surface area contributed by atoms with Crippen molar-refractivity contribution in [2.45, 2.75) is 26.3 Å². The second kappa shape index (κ2) is 10.6. The van der Waals surface area contributed by atoms with Gasteiger partial charge in [0.05, 0.1) is 10.3 Å². The summed E-state index contributed by atoms with van der Waals surface area (Å²) in [4.78, 5) is 30.7. The number of benzene rings is 1. The molecular weight excluding hydrogens is 463 g/mol. The molecule has 2 saturated heterocycles. The van der Waals surface area contributed by atoms with Crippen LogP contribution in [0.25, 0.3) is 10.2 Å². The number of hydrogen-bond acceptors (Lipinski definition) is 7. The van der Waals surface area contributed by atoms with Crippen LogP contribution in [0.4, 0.5) is 10.2 Å². The molecule has 35 heavy (non-hydrogen) atoms. The fourth-order valence-electron chi connectivity index (χ4n) is 5.06. The van der Waals surface area contributed by atoms with E-state index in [0.717, 1.165) is 84.1 Å². The fourth-order valence-corrected chi connectivity index (χ4v) is 6.12. The Morgan fingerprint density at radius 1 is 1.11 bits per heavy atom. The SMILES string of the molecule is Cc1c(C(=O)NCC2CCN(Cc3ccccc3F)CC2)sc2ncnc(N3CCN(C)CC3)c12. The summed E-state index contributed by atoms with van der Waals surface area (Å²) in [7, 11) is 2.14. The average molecular weight is 497 g/mol. The van der Waals surface area contributed by atoms with Gasteiger partial charge in [0.2, 0.25) is 0 Å². The normalized spacial score (nSPS) is 18.3. The van der Waals surface area contributed by atoms with Gasteiger partial charge in [-0.05, 0) is 57.5 Å². The highest BCUT2D eigenvalue weighted by molar-refractivity contribution is 7.20. The van der Waals surface area contributed by atoms with Gasteiger partial charge in [0, 0.05) is 44.8 Å². The number of nitrogens with one attached hydrogen (secondary N) is 1. The van der Waals surface area contributed by atoms with E-state index in [2.05, 4.69) is 37.0 Å². The lowest BCUT2D eigenvalue weighted by molar-refractivity contribution is 0.0938. The molecule has 3 aromatic rings. The first-order chi connectivity index (χ1) is 17.0. The number of carbonyl (C=O) groups is 1. The molecule has 0 atom stereocenters. The Morgan fingerprint density at radius 2 is 1.86 bits per heavy atom. The number of piperidine rings is 1. The average Bonchev–Trinajstić information content (AvgIpc) is 3.22. The van der Waals surface area contributed by atoms with E-state index >= 15 is 0 Å². The third-order valence-electron chi connectivity index (χ3n) is 7.33. The molecule has 2 aliphatic rings. The van der Waals surface area contributed by atoms with Gasteiger partial charge in [-0.1, -0.05) is 18.2 Å². The Balaban J connectivity index is 1.19. The molecule has 0 spiro atoms. The largest absolute Gasteiger partial charge is 0.353 e. The van der Waals surface area contributed by atoms with Gasteiger partial charge < -0.3 is 15.1 Å². The number of aryl methyl sites for hydroxylation is 1. The summed E-state index contributed by atoms with van der Waals surface area (Å²) in [6.07, 6.45) is 3.61. The van der Waals surface area contributed by atoms with E-state index in [4.69, 9.17) is 0 Å². The summed E-state index contributed by atoms with van der Waals surface area (Å²) < 4.78 is 14.0. The molecule has 2 aromatic heterocycles. The molecular formula is C26H33FN6OS. The molecule has 1 amide bonds. The van der Waals surface area contributed by atoms with Gasteiger partial charge in [0.1, 0.15) is 22.8 Å². The maximum atomic E-state index is 14.0. The van der Waals surface area contributed by atoms with Crippen molar-refractivity contribution in [1.29, 1.82) is 0 Å². The number of likely N-dealkylation sites (N-methyl/N-ethyl adjacent to an activating group) is 1. The number of hydrogen-bond donors (Lipinski definition) is 1. The smallest absolute Gasteiger partial charge is 0.261 e. The number of carbonyl (C=O) groups excluding carboxylic acids is 1. The third-order valence-corrected chi connectivity index (χ3v) is 8.52. The molecule has 1 aromatic carbocycles. The number of aromatic nitrogens is 2. The van der Waals surface area contributed by atoms with Crippen LogP contribution in [-0.2, 0) is 6.54 Å². The second-order valence-corrected chi connectivity index (χ2v) is 10.7. The van der Waals surface area contributed by atoms with Crippen molar-refractivity contribution in [2.24, 2.45) is 5.92 Å². The number of fused-ring (bicyclic) bond motifs is 1. The number of halogens is 1. The van der Waals surface area contributed by atoms with E-state index in [-0.39, 0.29) is 11.7 Å². The van der Waals surface area contributed by atoms with Gasteiger partial charge in [0.15, 0.2) is 0 Å². The minimum absolute atomic E-state index is 0.0244. The van der Waals surface area contributed by atoms with Crippen LogP contribution in [0.2, 0.25) is 0 Å². The Labute approximate surface area is 210 Å². The number of rotatable bonds is 6. The predicted octanol–water partition coefficient (Wildman–Crippen LogP) is 3.53. The van der Waals surface area contributed by atoms with E-state index in [0.29, 0.717) is 19.0 Å². The summed E-state index contributed by atoms with van der Waals surface area (Å²) in [5.74, 6) is 1.22. The lowest BCUT2D eigenvalue weighted by Crippen LogP contribution is -2.44. The molecule has 1 N–H and O–H groups in total. The highest BCUT2D eigenvalue weighted by atomic mass is 32.1. The van der Waals surface area contributed by atoms with Gasteiger partial charge in [-0.15, -0.1) is 11.3 Å². The highest BCUT2D eigenvalue weighted by Crippen LogP contribution is 2.35. The van der Waals surface area contributed by atoms with Crippen LogP contribution >= 0.6 is 11.3 Å². The molecule has 186 valence electrons. The van der Waals surface area contributed by atoms with E-state index in [9.17, 15) is 9.18 Å². The van der Waals surface area contributed by atoms with Crippen molar-refractivity contribution in [3.8, 4) is 0 Å². The number of anilines is 1. The molecule has 2 fully saturated rings. The zero-order valence-electron chi connectivity index (χ0n) is 20.5. The van der Waals surface area contributed by atoms with Gasteiger partial charge in [-0.2, -0.15) is 0 Å². The lowest BCUT2D eigenvalue weighted by Gasteiger charge is -2.33. The van der Waals surface area contributed by atoms with Gasteiger partial charge in [-0.3, -0.25) is 9.69 Å². The van der Waals surface area contributed by atoms with Crippen LogP contribution in [0.15, 0.2) is 30.6 Å². The number of thiophene rings is 1. The zero-order chi connectivity index (χ0) is 24.4. The van der Waals surface area contributed by atoms with Crippen molar-refractivity contribution < 1.29 is 9.18 Å². The quantitative estimate of drug-likeness (QED) is 0.563. The monoisotopic (exact) mass is 496 g/mol. The molecule has 0 radical (unpaired) electrons. The maximum Gasteiger partial charge on any atom is 0.261 e. The molecule has 9 heteroatoms. The zero-order valence-corrected chi connectivity index (χ0v) is 21.3. The molecule has 0 aliphatic carbocycles. The molecule has 0 saturated carbocycles. The molecule has 7 nitrogen and oxygen atoms in total.